The van der Waals surface area contributed by atoms with Gasteiger partial charge in [0.15, 0.2) is 5.03 Å². The van der Waals surface area contributed by atoms with Crippen LogP contribution in [-0.2, 0) is 28.2 Å². The Balaban J connectivity index is 1.43. The zero-order valence-electron chi connectivity index (χ0n) is 15.8. The highest BCUT2D eigenvalue weighted by Gasteiger charge is 2.41. The molecule has 0 unspecified atom stereocenters. The summed E-state index contributed by atoms with van der Waals surface area (Å²) in [5, 5.41) is 0.0657. The normalized spacial score (nSPS) is 21.8. The molecule has 2 aliphatic rings. The second-order valence-corrected chi connectivity index (χ2v) is 9.23. The highest BCUT2D eigenvalue weighted by atomic mass is 32.2. The van der Waals surface area contributed by atoms with Crippen molar-refractivity contribution in [2.45, 2.75) is 36.4 Å². The van der Waals surface area contributed by atoms with Gasteiger partial charge in [0.05, 0.1) is 12.4 Å². The molecule has 1 aromatic carbocycles. The maximum absolute atomic E-state index is 12.7. The first-order chi connectivity index (χ1) is 13.4. The van der Waals surface area contributed by atoms with Crippen molar-refractivity contribution in [2.75, 3.05) is 19.7 Å². The van der Waals surface area contributed by atoms with E-state index in [1.807, 2.05) is 35.2 Å². The van der Waals surface area contributed by atoms with E-state index >= 15 is 0 Å². The van der Waals surface area contributed by atoms with Crippen LogP contribution in [0.25, 0.3) is 0 Å². The van der Waals surface area contributed by atoms with Crippen LogP contribution in [0.3, 0.4) is 0 Å². The number of amides is 1. The SMILES string of the molecule is Cn1cnc(S(=O)(=O)N2CCC(N3C(=O)OC[C@@H]3Cc3ccccc3)CC2)c1. The minimum atomic E-state index is -3.60. The standard InChI is InChI=1S/C19H24N4O4S/c1-21-12-18(20-14-21)28(25,26)22-9-7-16(8-10-22)23-17(13-27-19(23)24)11-15-5-3-2-4-6-15/h2-6,12,14,16-17H,7-11,13H2,1H3/t17-/m0/s1. The van der Waals surface area contributed by atoms with Gasteiger partial charge in [0.1, 0.15) is 6.61 Å². The van der Waals surface area contributed by atoms with Gasteiger partial charge in [-0.3, -0.25) is 4.90 Å². The monoisotopic (exact) mass is 404 g/mol. The molecular weight excluding hydrogens is 380 g/mol. The van der Waals surface area contributed by atoms with Crippen LogP contribution < -0.4 is 0 Å². The fourth-order valence-corrected chi connectivity index (χ4v) is 5.41. The number of aromatic nitrogens is 2. The highest BCUT2D eigenvalue weighted by Crippen LogP contribution is 2.28. The van der Waals surface area contributed by atoms with Gasteiger partial charge in [-0.15, -0.1) is 0 Å². The van der Waals surface area contributed by atoms with E-state index in [-0.39, 0.29) is 23.2 Å². The maximum Gasteiger partial charge on any atom is 0.410 e. The molecule has 0 radical (unpaired) electrons. The van der Waals surface area contributed by atoms with Gasteiger partial charge in [0, 0.05) is 32.4 Å². The lowest BCUT2D eigenvalue weighted by Crippen LogP contribution is -2.50. The maximum atomic E-state index is 12.7. The quantitative estimate of drug-likeness (QED) is 0.756. The molecular formula is C19H24N4O4S. The number of carbonyl (C=O) groups is 1. The lowest BCUT2D eigenvalue weighted by atomic mass is 10.00. The zero-order valence-corrected chi connectivity index (χ0v) is 16.6. The van der Waals surface area contributed by atoms with Gasteiger partial charge in [-0.1, -0.05) is 30.3 Å². The molecule has 3 heterocycles. The Hall–Kier alpha value is -2.39. The first-order valence-electron chi connectivity index (χ1n) is 9.42. The lowest BCUT2D eigenvalue weighted by molar-refractivity contribution is 0.125. The van der Waals surface area contributed by atoms with Gasteiger partial charge in [0.2, 0.25) is 0 Å². The molecule has 150 valence electrons. The number of piperidine rings is 1. The van der Waals surface area contributed by atoms with Crippen molar-refractivity contribution in [3.63, 3.8) is 0 Å². The second-order valence-electron chi connectivity index (χ2n) is 7.34. The molecule has 2 aromatic rings. The molecule has 4 rings (SSSR count). The third-order valence-electron chi connectivity index (χ3n) is 5.42. The molecule has 28 heavy (non-hydrogen) atoms. The van der Waals surface area contributed by atoms with Crippen molar-refractivity contribution < 1.29 is 17.9 Å². The Morgan fingerprint density at radius 1 is 1.18 bits per heavy atom. The Morgan fingerprint density at radius 2 is 1.89 bits per heavy atom. The summed E-state index contributed by atoms with van der Waals surface area (Å²) in [6.45, 7) is 1.11. The third-order valence-corrected chi connectivity index (χ3v) is 7.20. The summed E-state index contributed by atoms with van der Waals surface area (Å²) >= 11 is 0. The minimum Gasteiger partial charge on any atom is -0.447 e. The summed E-state index contributed by atoms with van der Waals surface area (Å²) in [6, 6.07) is 10.00. The Labute approximate surface area is 164 Å². The van der Waals surface area contributed by atoms with Crippen molar-refractivity contribution >= 4 is 16.1 Å². The van der Waals surface area contributed by atoms with Gasteiger partial charge >= 0.3 is 6.09 Å². The number of carbonyl (C=O) groups excluding carboxylic acids is 1. The van der Waals surface area contributed by atoms with Crippen LogP contribution >= 0.6 is 0 Å². The van der Waals surface area contributed by atoms with Crippen LogP contribution in [0.4, 0.5) is 4.79 Å². The average molecular weight is 404 g/mol. The summed E-state index contributed by atoms with van der Waals surface area (Å²) in [5.74, 6) is 0. The fraction of sp³-hybridized carbons (Fsp3) is 0.474. The minimum absolute atomic E-state index is 0.0149. The third kappa shape index (κ3) is 3.64. The fourth-order valence-electron chi connectivity index (χ4n) is 3.98. The molecule has 8 nitrogen and oxygen atoms in total. The average Bonchev–Trinajstić information content (AvgIpc) is 3.29. The molecule has 2 aliphatic heterocycles. The molecule has 1 atom stereocenters. The van der Waals surface area contributed by atoms with Gasteiger partial charge in [-0.25, -0.2) is 18.2 Å². The molecule has 2 fully saturated rings. The summed E-state index contributed by atoms with van der Waals surface area (Å²) in [7, 11) is -1.86. The number of ether oxygens (including phenoxy) is 1. The molecule has 2 saturated heterocycles. The van der Waals surface area contributed by atoms with Crippen LogP contribution in [0.1, 0.15) is 18.4 Å². The molecule has 0 bridgehead atoms. The van der Waals surface area contributed by atoms with Gasteiger partial charge in [0.25, 0.3) is 10.0 Å². The predicted octanol–water partition coefficient (Wildman–Crippen LogP) is 1.64. The number of imidazole rings is 1. The lowest BCUT2D eigenvalue weighted by Gasteiger charge is -2.37. The molecule has 1 aromatic heterocycles. The summed E-state index contributed by atoms with van der Waals surface area (Å²) < 4.78 is 33.9. The first-order valence-corrected chi connectivity index (χ1v) is 10.9. The number of rotatable bonds is 5. The van der Waals surface area contributed by atoms with Crippen LogP contribution in [0.2, 0.25) is 0 Å². The van der Waals surface area contributed by atoms with Crippen LogP contribution in [0, 0.1) is 0 Å². The summed E-state index contributed by atoms with van der Waals surface area (Å²) in [5.41, 5.74) is 1.16. The first kappa shape index (κ1) is 18.9. The molecule has 1 amide bonds. The largest absolute Gasteiger partial charge is 0.447 e. The topological polar surface area (TPSA) is 84.7 Å². The van der Waals surface area contributed by atoms with E-state index in [0.29, 0.717) is 32.5 Å². The zero-order chi connectivity index (χ0) is 19.7. The molecule has 0 saturated carbocycles. The van der Waals surface area contributed by atoms with E-state index in [2.05, 4.69) is 4.98 Å². The summed E-state index contributed by atoms with van der Waals surface area (Å²) in [4.78, 5) is 18.1. The number of nitrogens with zero attached hydrogens (tertiary/aromatic N) is 4. The molecule has 0 spiro atoms. The predicted molar refractivity (Wildman–Crippen MR) is 102 cm³/mol. The van der Waals surface area contributed by atoms with Gasteiger partial charge < -0.3 is 9.30 Å². The molecule has 9 heteroatoms. The van der Waals surface area contributed by atoms with Crippen molar-refractivity contribution in [1.29, 1.82) is 0 Å². The van der Waals surface area contributed by atoms with Crippen LogP contribution in [0.5, 0.6) is 0 Å². The smallest absolute Gasteiger partial charge is 0.410 e. The van der Waals surface area contributed by atoms with Crippen LogP contribution in [0.15, 0.2) is 47.9 Å². The van der Waals surface area contributed by atoms with Crippen molar-refractivity contribution in [1.82, 2.24) is 18.8 Å². The number of hydrogen-bond acceptors (Lipinski definition) is 5. The summed E-state index contributed by atoms with van der Waals surface area (Å²) in [6.07, 6.45) is 4.60. The van der Waals surface area contributed by atoms with Gasteiger partial charge in [-0.2, -0.15) is 4.31 Å². The van der Waals surface area contributed by atoms with Crippen molar-refractivity contribution in [3.8, 4) is 0 Å². The Morgan fingerprint density at radius 3 is 2.54 bits per heavy atom. The number of sulfonamides is 1. The van der Waals surface area contributed by atoms with E-state index in [1.165, 1.54) is 16.8 Å². The Kier molecular flexibility index (Phi) is 5.11. The number of cyclic esters (lactones) is 1. The van der Waals surface area contributed by atoms with E-state index in [1.54, 1.807) is 11.6 Å². The van der Waals surface area contributed by atoms with Crippen molar-refractivity contribution in [2.24, 2.45) is 7.05 Å². The number of hydrogen-bond donors (Lipinski definition) is 0. The van der Waals surface area contributed by atoms with Crippen molar-refractivity contribution in [3.05, 3.63) is 48.4 Å². The molecule has 0 aliphatic carbocycles. The van der Waals surface area contributed by atoms with E-state index in [4.69, 9.17) is 4.74 Å². The second kappa shape index (κ2) is 7.56. The highest BCUT2D eigenvalue weighted by molar-refractivity contribution is 7.89. The van der Waals surface area contributed by atoms with E-state index < -0.39 is 10.0 Å². The molecule has 0 N–H and O–H groups in total. The van der Waals surface area contributed by atoms with E-state index in [0.717, 1.165) is 12.0 Å². The Bertz CT molecular complexity index is 936. The number of benzene rings is 1. The number of aryl methyl sites for hydroxylation is 1. The van der Waals surface area contributed by atoms with Gasteiger partial charge in [-0.05, 0) is 24.8 Å². The van der Waals surface area contributed by atoms with E-state index in [9.17, 15) is 13.2 Å². The van der Waals surface area contributed by atoms with Crippen LogP contribution in [-0.4, -0.2) is 65.0 Å².